The maximum absolute atomic E-state index is 11.5. The summed E-state index contributed by atoms with van der Waals surface area (Å²) in [4.78, 5) is 25.5. The summed E-state index contributed by atoms with van der Waals surface area (Å²) < 4.78 is 1.42. The zero-order chi connectivity index (χ0) is 18.4. The van der Waals surface area contributed by atoms with Gasteiger partial charge in [0.15, 0.2) is 0 Å². The van der Waals surface area contributed by atoms with Crippen LogP contribution in [-0.4, -0.2) is 50.8 Å². The summed E-state index contributed by atoms with van der Waals surface area (Å²) in [5, 5.41) is 4.37. The fourth-order valence-corrected chi connectivity index (χ4v) is 4.73. The van der Waals surface area contributed by atoms with Crippen LogP contribution in [0.2, 0.25) is 0 Å². The lowest BCUT2D eigenvalue weighted by Gasteiger charge is -2.26. The predicted octanol–water partition coefficient (Wildman–Crippen LogP) is 1.41. The van der Waals surface area contributed by atoms with E-state index in [1.54, 1.807) is 19.4 Å². The van der Waals surface area contributed by atoms with Crippen molar-refractivity contribution in [3.05, 3.63) is 46.3 Å². The van der Waals surface area contributed by atoms with Gasteiger partial charge in [0.2, 0.25) is 0 Å². The normalized spacial score (nSPS) is 25.6. The van der Waals surface area contributed by atoms with E-state index in [0.29, 0.717) is 17.8 Å². The number of aryl methyl sites for hydroxylation is 1. The fourth-order valence-electron chi connectivity index (χ4n) is 4.73. The Morgan fingerprint density at radius 3 is 2.52 bits per heavy atom. The highest BCUT2D eigenvalue weighted by molar-refractivity contribution is 5.42. The van der Waals surface area contributed by atoms with Gasteiger partial charge in [0.05, 0.1) is 5.69 Å². The summed E-state index contributed by atoms with van der Waals surface area (Å²) in [7, 11) is 1.71. The molecular weight excluding hydrogens is 340 g/mol. The standard InChI is InChI=1S/C20H26N6O/c1-24-20(27)6-5-17(23-24)12-25-8-15-10-26(11-16(15)9-25)19-7-18(21-13-22-19)14-3-2-4-14/h5-7,13-16H,2-4,8-12H2,1H3. The average molecular weight is 366 g/mol. The first-order valence-electron chi connectivity index (χ1n) is 9.98. The van der Waals surface area contributed by atoms with E-state index >= 15 is 0 Å². The smallest absolute Gasteiger partial charge is 0.266 e. The fraction of sp³-hybridized carbons (Fsp3) is 0.600. The van der Waals surface area contributed by atoms with Gasteiger partial charge in [-0.1, -0.05) is 6.42 Å². The van der Waals surface area contributed by atoms with E-state index < -0.39 is 0 Å². The molecule has 2 aromatic rings. The Kier molecular flexibility index (Phi) is 4.19. The Morgan fingerprint density at radius 2 is 1.85 bits per heavy atom. The largest absolute Gasteiger partial charge is 0.356 e. The molecule has 142 valence electrons. The molecule has 5 rings (SSSR count). The Morgan fingerprint density at radius 1 is 1.07 bits per heavy atom. The third-order valence-corrected chi connectivity index (χ3v) is 6.48. The Hall–Kier alpha value is -2.28. The number of hydrogen-bond donors (Lipinski definition) is 0. The van der Waals surface area contributed by atoms with E-state index in [1.165, 1.54) is 29.6 Å². The van der Waals surface area contributed by atoms with E-state index in [-0.39, 0.29) is 5.56 Å². The van der Waals surface area contributed by atoms with Crippen LogP contribution in [0.4, 0.5) is 5.82 Å². The minimum Gasteiger partial charge on any atom is -0.356 e. The minimum atomic E-state index is -0.0567. The van der Waals surface area contributed by atoms with Crippen molar-refractivity contribution in [1.82, 2.24) is 24.6 Å². The van der Waals surface area contributed by atoms with E-state index in [2.05, 4.69) is 30.9 Å². The van der Waals surface area contributed by atoms with E-state index in [9.17, 15) is 4.79 Å². The van der Waals surface area contributed by atoms with Gasteiger partial charge in [0.25, 0.3) is 5.56 Å². The molecule has 0 spiro atoms. The van der Waals surface area contributed by atoms with Gasteiger partial charge in [-0.05, 0) is 30.7 Å². The molecule has 2 atom stereocenters. The molecule has 0 N–H and O–H groups in total. The van der Waals surface area contributed by atoms with E-state index in [4.69, 9.17) is 0 Å². The maximum atomic E-state index is 11.5. The van der Waals surface area contributed by atoms with Gasteiger partial charge in [-0.25, -0.2) is 14.6 Å². The van der Waals surface area contributed by atoms with Crippen LogP contribution in [0.15, 0.2) is 29.3 Å². The molecule has 2 unspecified atom stereocenters. The van der Waals surface area contributed by atoms with Crippen LogP contribution in [-0.2, 0) is 13.6 Å². The molecule has 7 nitrogen and oxygen atoms in total. The number of likely N-dealkylation sites (tertiary alicyclic amines) is 1. The van der Waals surface area contributed by atoms with E-state index in [0.717, 1.165) is 44.2 Å². The molecule has 1 aliphatic carbocycles. The molecule has 2 aromatic heterocycles. The van der Waals surface area contributed by atoms with Crippen LogP contribution >= 0.6 is 0 Å². The molecule has 0 amide bonds. The summed E-state index contributed by atoms with van der Waals surface area (Å²) in [6.45, 7) is 5.14. The molecule has 2 aliphatic heterocycles. The van der Waals surface area contributed by atoms with Gasteiger partial charge in [-0.15, -0.1) is 0 Å². The maximum Gasteiger partial charge on any atom is 0.266 e. The second-order valence-electron chi connectivity index (χ2n) is 8.33. The topological polar surface area (TPSA) is 67.2 Å². The van der Waals surface area contributed by atoms with Crippen LogP contribution in [0.3, 0.4) is 0 Å². The first-order chi connectivity index (χ1) is 13.2. The monoisotopic (exact) mass is 366 g/mol. The second kappa shape index (κ2) is 6.71. The van der Waals surface area contributed by atoms with Crippen molar-refractivity contribution in [2.45, 2.75) is 31.7 Å². The van der Waals surface area contributed by atoms with Gasteiger partial charge in [0, 0.05) is 63.5 Å². The van der Waals surface area contributed by atoms with Crippen LogP contribution in [0.1, 0.15) is 36.6 Å². The quantitative estimate of drug-likeness (QED) is 0.815. The van der Waals surface area contributed by atoms with Gasteiger partial charge in [-0.3, -0.25) is 9.69 Å². The van der Waals surface area contributed by atoms with Crippen molar-refractivity contribution in [3.8, 4) is 0 Å². The molecule has 3 aliphatic rings. The van der Waals surface area contributed by atoms with Crippen molar-refractivity contribution >= 4 is 5.82 Å². The van der Waals surface area contributed by atoms with Gasteiger partial charge in [-0.2, -0.15) is 5.10 Å². The Bertz CT molecular complexity index is 878. The number of anilines is 1. The lowest BCUT2D eigenvalue weighted by atomic mass is 9.83. The molecule has 4 heterocycles. The van der Waals surface area contributed by atoms with Crippen molar-refractivity contribution in [3.63, 3.8) is 0 Å². The highest BCUT2D eigenvalue weighted by Gasteiger charge is 2.40. The zero-order valence-electron chi connectivity index (χ0n) is 15.8. The molecule has 3 fully saturated rings. The predicted molar refractivity (Wildman–Crippen MR) is 103 cm³/mol. The molecule has 0 radical (unpaired) electrons. The van der Waals surface area contributed by atoms with Crippen LogP contribution in [0.25, 0.3) is 0 Å². The second-order valence-corrected chi connectivity index (χ2v) is 8.33. The molecule has 27 heavy (non-hydrogen) atoms. The molecule has 0 bridgehead atoms. The SMILES string of the molecule is Cn1nc(CN2CC3CN(c4cc(C5CCC5)ncn4)CC3C2)ccc1=O. The first-order valence-corrected chi connectivity index (χ1v) is 9.98. The summed E-state index contributed by atoms with van der Waals surface area (Å²) in [5.41, 5.74) is 2.14. The Balaban J connectivity index is 1.22. The molecule has 2 saturated heterocycles. The van der Waals surface area contributed by atoms with Gasteiger partial charge >= 0.3 is 0 Å². The molecule has 1 saturated carbocycles. The van der Waals surface area contributed by atoms with Gasteiger partial charge in [0.1, 0.15) is 12.1 Å². The van der Waals surface area contributed by atoms with Crippen molar-refractivity contribution in [2.75, 3.05) is 31.1 Å². The lowest BCUT2D eigenvalue weighted by Crippen LogP contribution is -2.30. The zero-order valence-corrected chi connectivity index (χ0v) is 15.8. The highest BCUT2D eigenvalue weighted by atomic mass is 16.1. The van der Waals surface area contributed by atoms with Crippen molar-refractivity contribution < 1.29 is 0 Å². The average Bonchev–Trinajstić information content (AvgIpc) is 3.15. The van der Waals surface area contributed by atoms with E-state index in [1.807, 2.05) is 6.07 Å². The molecule has 7 heteroatoms. The first kappa shape index (κ1) is 16.9. The number of nitrogens with zero attached hydrogens (tertiary/aromatic N) is 6. The lowest BCUT2D eigenvalue weighted by molar-refractivity contribution is 0.302. The van der Waals surface area contributed by atoms with Crippen molar-refractivity contribution in [1.29, 1.82) is 0 Å². The third-order valence-electron chi connectivity index (χ3n) is 6.48. The molecular formula is C20H26N6O. The Labute approximate surface area is 159 Å². The molecule has 0 aromatic carbocycles. The van der Waals surface area contributed by atoms with Gasteiger partial charge < -0.3 is 4.90 Å². The summed E-state index contributed by atoms with van der Waals surface area (Å²) >= 11 is 0. The summed E-state index contributed by atoms with van der Waals surface area (Å²) in [5.74, 6) is 3.12. The van der Waals surface area contributed by atoms with Crippen LogP contribution in [0, 0.1) is 11.8 Å². The summed E-state index contributed by atoms with van der Waals surface area (Å²) in [6, 6.07) is 5.68. The van der Waals surface area contributed by atoms with Crippen molar-refractivity contribution in [2.24, 2.45) is 18.9 Å². The number of fused-ring (bicyclic) bond motifs is 1. The number of aromatic nitrogens is 4. The summed E-state index contributed by atoms with van der Waals surface area (Å²) in [6.07, 6.45) is 5.62. The van der Waals surface area contributed by atoms with Crippen LogP contribution in [0.5, 0.6) is 0 Å². The highest BCUT2D eigenvalue weighted by Crippen LogP contribution is 2.37. The van der Waals surface area contributed by atoms with Crippen LogP contribution < -0.4 is 10.5 Å². The number of hydrogen-bond acceptors (Lipinski definition) is 6. The number of rotatable bonds is 4. The third kappa shape index (κ3) is 3.25. The minimum absolute atomic E-state index is 0.0567.